The third-order valence-electron chi connectivity index (χ3n) is 3.42. The van der Waals surface area contributed by atoms with E-state index in [1.807, 2.05) is 4.90 Å². The summed E-state index contributed by atoms with van der Waals surface area (Å²) < 4.78 is 13.9. The zero-order valence-corrected chi connectivity index (χ0v) is 12.9. The average Bonchev–Trinajstić information content (AvgIpc) is 2.82. The van der Waals surface area contributed by atoms with Crippen molar-refractivity contribution >= 4 is 33.4 Å². The van der Waals surface area contributed by atoms with Crippen LogP contribution in [0.25, 0.3) is 0 Å². The van der Waals surface area contributed by atoms with Gasteiger partial charge in [-0.3, -0.25) is 4.79 Å². The molecule has 0 spiro atoms. The standard InChI is InChI=1S/C14H16BrClFNO/c15-11-7-10(8-12(17)9-11)14(19)18-6-2-4-13(18)3-1-5-16/h7-9,13H,1-6H2. The van der Waals surface area contributed by atoms with Gasteiger partial charge in [-0.05, 0) is 43.9 Å². The molecule has 1 saturated heterocycles. The Kier molecular flexibility index (Phi) is 5.22. The summed E-state index contributed by atoms with van der Waals surface area (Å²) in [4.78, 5) is 14.3. The van der Waals surface area contributed by atoms with E-state index >= 15 is 0 Å². The van der Waals surface area contributed by atoms with Crippen molar-refractivity contribution < 1.29 is 9.18 Å². The first-order chi connectivity index (χ1) is 9.11. The zero-order chi connectivity index (χ0) is 13.8. The second-order valence-electron chi connectivity index (χ2n) is 4.78. The van der Waals surface area contributed by atoms with Crippen molar-refractivity contribution in [1.82, 2.24) is 4.90 Å². The minimum atomic E-state index is -0.394. The Balaban J connectivity index is 2.13. The summed E-state index contributed by atoms with van der Waals surface area (Å²) in [7, 11) is 0. The number of alkyl halides is 1. The molecule has 2 rings (SSSR count). The third kappa shape index (κ3) is 3.69. The molecule has 0 bridgehead atoms. The van der Waals surface area contributed by atoms with Gasteiger partial charge in [0.1, 0.15) is 5.82 Å². The van der Waals surface area contributed by atoms with E-state index in [1.54, 1.807) is 6.07 Å². The zero-order valence-electron chi connectivity index (χ0n) is 10.5. The van der Waals surface area contributed by atoms with E-state index in [4.69, 9.17) is 11.6 Å². The molecule has 1 aromatic carbocycles. The van der Waals surface area contributed by atoms with E-state index in [2.05, 4.69) is 15.9 Å². The number of halogens is 3. The molecule has 1 aliphatic heterocycles. The Morgan fingerprint density at radius 2 is 2.26 bits per heavy atom. The number of amides is 1. The summed E-state index contributed by atoms with van der Waals surface area (Å²) in [6.07, 6.45) is 3.85. The highest BCUT2D eigenvalue weighted by atomic mass is 79.9. The first kappa shape index (κ1) is 14.8. The van der Waals surface area contributed by atoms with Crippen LogP contribution in [0.1, 0.15) is 36.0 Å². The van der Waals surface area contributed by atoms with Crippen LogP contribution >= 0.6 is 27.5 Å². The number of rotatable bonds is 4. The number of hydrogen-bond acceptors (Lipinski definition) is 1. The van der Waals surface area contributed by atoms with Gasteiger partial charge in [0.25, 0.3) is 5.91 Å². The monoisotopic (exact) mass is 347 g/mol. The van der Waals surface area contributed by atoms with E-state index in [0.717, 1.165) is 32.2 Å². The summed E-state index contributed by atoms with van der Waals surface area (Å²) in [6, 6.07) is 4.56. The minimum Gasteiger partial charge on any atom is -0.336 e. The molecule has 1 unspecified atom stereocenters. The molecule has 0 N–H and O–H groups in total. The van der Waals surface area contributed by atoms with Crippen LogP contribution in [-0.2, 0) is 0 Å². The highest BCUT2D eigenvalue weighted by Gasteiger charge is 2.29. The molecule has 1 fully saturated rings. The molecule has 1 heterocycles. The number of hydrogen-bond donors (Lipinski definition) is 0. The molecule has 1 aliphatic rings. The van der Waals surface area contributed by atoms with Crippen molar-refractivity contribution in [3.63, 3.8) is 0 Å². The van der Waals surface area contributed by atoms with Gasteiger partial charge in [-0.2, -0.15) is 0 Å². The summed E-state index contributed by atoms with van der Waals surface area (Å²) in [5.74, 6) is 0.135. The van der Waals surface area contributed by atoms with Crippen molar-refractivity contribution in [2.45, 2.75) is 31.7 Å². The summed E-state index contributed by atoms with van der Waals surface area (Å²) in [6.45, 7) is 0.750. The topological polar surface area (TPSA) is 20.3 Å². The quantitative estimate of drug-likeness (QED) is 0.746. The second-order valence-corrected chi connectivity index (χ2v) is 6.08. The lowest BCUT2D eigenvalue weighted by atomic mass is 10.1. The number of likely N-dealkylation sites (tertiary alicyclic amines) is 1. The van der Waals surface area contributed by atoms with Crippen molar-refractivity contribution in [3.8, 4) is 0 Å². The van der Waals surface area contributed by atoms with E-state index in [0.29, 0.717) is 15.9 Å². The molecule has 1 aromatic rings. The number of benzene rings is 1. The largest absolute Gasteiger partial charge is 0.336 e. The molecular formula is C14H16BrClFNO. The lowest BCUT2D eigenvalue weighted by Gasteiger charge is -2.24. The summed E-state index contributed by atoms with van der Waals surface area (Å²) in [5.41, 5.74) is 0.407. The molecule has 2 nitrogen and oxygen atoms in total. The van der Waals surface area contributed by atoms with Crippen LogP contribution in [0.2, 0.25) is 0 Å². The van der Waals surface area contributed by atoms with Crippen LogP contribution in [0.4, 0.5) is 4.39 Å². The van der Waals surface area contributed by atoms with Crippen LogP contribution in [0.3, 0.4) is 0 Å². The van der Waals surface area contributed by atoms with E-state index < -0.39 is 5.82 Å². The van der Waals surface area contributed by atoms with Gasteiger partial charge < -0.3 is 4.90 Å². The van der Waals surface area contributed by atoms with Gasteiger partial charge in [0.2, 0.25) is 0 Å². The van der Waals surface area contributed by atoms with Crippen LogP contribution in [0, 0.1) is 5.82 Å². The highest BCUT2D eigenvalue weighted by Crippen LogP contribution is 2.25. The summed E-state index contributed by atoms with van der Waals surface area (Å²) >= 11 is 8.93. The van der Waals surface area contributed by atoms with Gasteiger partial charge in [0.15, 0.2) is 0 Å². The Hall–Kier alpha value is -0.610. The molecule has 0 radical (unpaired) electrons. The Labute approximate surface area is 126 Å². The fourth-order valence-corrected chi connectivity index (χ4v) is 3.18. The second kappa shape index (κ2) is 6.71. The Morgan fingerprint density at radius 1 is 1.47 bits per heavy atom. The lowest BCUT2D eigenvalue weighted by molar-refractivity contribution is 0.0729. The molecule has 1 amide bonds. The van der Waals surface area contributed by atoms with Crippen molar-refractivity contribution in [3.05, 3.63) is 34.1 Å². The highest BCUT2D eigenvalue weighted by molar-refractivity contribution is 9.10. The van der Waals surface area contributed by atoms with Gasteiger partial charge >= 0.3 is 0 Å². The molecule has 104 valence electrons. The maximum absolute atomic E-state index is 13.4. The smallest absolute Gasteiger partial charge is 0.254 e. The molecule has 0 saturated carbocycles. The van der Waals surface area contributed by atoms with Gasteiger partial charge in [-0.25, -0.2) is 4.39 Å². The SMILES string of the molecule is O=C(c1cc(F)cc(Br)c1)N1CCCC1CCCCl. The number of carbonyl (C=O) groups excluding carboxylic acids is 1. The predicted octanol–water partition coefficient (Wildman–Crippen LogP) is 4.21. The van der Waals surface area contributed by atoms with Crippen molar-refractivity contribution in [2.75, 3.05) is 12.4 Å². The third-order valence-corrected chi connectivity index (χ3v) is 4.14. The molecule has 1 atom stereocenters. The van der Waals surface area contributed by atoms with Gasteiger partial charge in [0.05, 0.1) is 0 Å². The van der Waals surface area contributed by atoms with Gasteiger partial charge in [-0.15, -0.1) is 11.6 Å². The number of carbonyl (C=O) groups is 1. The first-order valence-corrected chi connectivity index (χ1v) is 7.77. The molecular weight excluding hydrogens is 333 g/mol. The fourth-order valence-electron chi connectivity index (χ4n) is 2.56. The van der Waals surface area contributed by atoms with Crippen LogP contribution < -0.4 is 0 Å². The molecule has 0 aromatic heterocycles. The van der Waals surface area contributed by atoms with Gasteiger partial charge in [-0.1, -0.05) is 15.9 Å². The average molecular weight is 349 g/mol. The molecule has 5 heteroatoms. The predicted molar refractivity (Wildman–Crippen MR) is 78.1 cm³/mol. The van der Waals surface area contributed by atoms with Gasteiger partial charge in [0, 0.05) is 28.5 Å². The molecule has 0 aliphatic carbocycles. The van der Waals surface area contributed by atoms with Crippen molar-refractivity contribution in [2.24, 2.45) is 0 Å². The molecule has 19 heavy (non-hydrogen) atoms. The van der Waals surface area contributed by atoms with Crippen molar-refractivity contribution in [1.29, 1.82) is 0 Å². The van der Waals surface area contributed by atoms with Crippen LogP contribution in [0.5, 0.6) is 0 Å². The minimum absolute atomic E-state index is 0.0859. The van der Waals surface area contributed by atoms with Crippen LogP contribution in [-0.4, -0.2) is 29.3 Å². The maximum atomic E-state index is 13.4. The van der Waals surface area contributed by atoms with E-state index in [9.17, 15) is 9.18 Å². The van der Waals surface area contributed by atoms with Crippen LogP contribution in [0.15, 0.2) is 22.7 Å². The van der Waals surface area contributed by atoms with E-state index in [-0.39, 0.29) is 11.9 Å². The summed E-state index contributed by atoms with van der Waals surface area (Å²) in [5, 5.41) is 0. The Bertz CT molecular complexity index is 449. The number of nitrogens with zero attached hydrogens (tertiary/aromatic N) is 1. The fraction of sp³-hybridized carbons (Fsp3) is 0.500. The first-order valence-electron chi connectivity index (χ1n) is 6.45. The normalized spacial score (nSPS) is 18.9. The van der Waals surface area contributed by atoms with E-state index in [1.165, 1.54) is 12.1 Å². The maximum Gasteiger partial charge on any atom is 0.254 e. The lowest BCUT2D eigenvalue weighted by Crippen LogP contribution is -2.35. The Morgan fingerprint density at radius 3 is 2.95 bits per heavy atom.